The standard InChI is InChI=1S/C10H11BrO3/c1-6-7(5-11)3-8(14-2)4-9(6)10(12)13/h3-4H,5H2,1-2H3,(H,12,13). The first-order valence-corrected chi connectivity index (χ1v) is 5.19. The zero-order valence-corrected chi connectivity index (χ0v) is 9.59. The number of hydrogen-bond acceptors (Lipinski definition) is 2. The molecule has 0 radical (unpaired) electrons. The lowest BCUT2D eigenvalue weighted by Crippen LogP contribution is -2.03. The number of aromatic carboxylic acids is 1. The molecule has 0 fully saturated rings. The van der Waals surface area contributed by atoms with Crippen molar-refractivity contribution in [3.8, 4) is 5.75 Å². The van der Waals surface area contributed by atoms with Crippen LogP contribution < -0.4 is 4.74 Å². The van der Waals surface area contributed by atoms with Gasteiger partial charge in [-0.3, -0.25) is 0 Å². The van der Waals surface area contributed by atoms with Gasteiger partial charge in [0.2, 0.25) is 0 Å². The van der Waals surface area contributed by atoms with E-state index in [0.717, 1.165) is 11.1 Å². The van der Waals surface area contributed by atoms with Crippen molar-refractivity contribution in [2.75, 3.05) is 7.11 Å². The Hall–Kier alpha value is -1.03. The highest BCUT2D eigenvalue weighted by Gasteiger charge is 2.12. The molecule has 0 aromatic heterocycles. The van der Waals surface area contributed by atoms with Crippen molar-refractivity contribution in [1.29, 1.82) is 0 Å². The van der Waals surface area contributed by atoms with Gasteiger partial charge in [-0.15, -0.1) is 0 Å². The molecule has 0 saturated heterocycles. The molecule has 0 aliphatic rings. The molecule has 0 amide bonds. The fourth-order valence-corrected chi connectivity index (χ4v) is 1.81. The van der Waals surface area contributed by atoms with Gasteiger partial charge in [-0.1, -0.05) is 15.9 Å². The van der Waals surface area contributed by atoms with E-state index < -0.39 is 5.97 Å². The zero-order chi connectivity index (χ0) is 10.7. The van der Waals surface area contributed by atoms with Crippen LogP contribution in [0.15, 0.2) is 12.1 Å². The highest BCUT2D eigenvalue weighted by molar-refractivity contribution is 9.08. The molecule has 0 aliphatic carbocycles. The van der Waals surface area contributed by atoms with Gasteiger partial charge in [0.25, 0.3) is 0 Å². The zero-order valence-electron chi connectivity index (χ0n) is 8.00. The van der Waals surface area contributed by atoms with Crippen LogP contribution in [0.2, 0.25) is 0 Å². The molecular weight excluding hydrogens is 248 g/mol. The first-order valence-electron chi connectivity index (χ1n) is 4.07. The third-order valence-electron chi connectivity index (χ3n) is 2.10. The molecule has 3 nitrogen and oxygen atoms in total. The Bertz CT molecular complexity index is 361. The second-order valence-electron chi connectivity index (χ2n) is 2.90. The smallest absolute Gasteiger partial charge is 0.336 e. The molecule has 0 saturated carbocycles. The van der Waals surface area contributed by atoms with Crippen LogP contribution in [0.25, 0.3) is 0 Å². The first-order chi connectivity index (χ1) is 6.60. The molecule has 0 bridgehead atoms. The fraction of sp³-hybridized carbons (Fsp3) is 0.300. The molecular formula is C10H11BrO3. The Morgan fingerprint density at radius 3 is 2.64 bits per heavy atom. The Morgan fingerprint density at radius 2 is 2.21 bits per heavy atom. The van der Waals surface area contributed by atoms with E-state index >= 15 is 0 Å². The minimum Gasteiger partial charge on any atom is -0.497 e. The summed E-state index contributed by atoms with van der Waals surface area (Å²) in [5.74, 6) is -0.356. The van der Waals surface area contributed by atoms with E-state index in [9.17, 15) is 4.79 Å². The minimum absolute atomic E-state index is 0.291. The van der Waals surface area contributed by atoms with Gasteiger partial charge >= 0.3 is 5.97 Å². The van der Waals surface area contributed by atoms with Crippen molar-refractivity contribution >= 4 is 21.9 Å². The van der Waals surface area contributed by atoms with Gasteiger partial charge in [0.15, 0.2) is 0 Å². The Kier molecular flexibility index (Phi) is 3.52. The average molecular weight is 259 g/mol. The number of rotatable bonds is 3. The summed E-state index contributed by atoms with van der Waals surface area (Å²) in [5, 5.41) is 9.56. The van der Waals surface area contributed by atoms with E-state index in [1.54, 1.807) is 6.92 Å². The third kappa shape index (κ3) is 2.07. The van der Waals surface area contributed by atoms with Gasteiger partial charge in [0.05, 0.1) is 12.7 Å². The number of methoxy groups -OCH3 is 1. The summed E-state index contributed by atoms with van der Waals surface area (Å²) >= 11 is 3.31. The third-order valence-corrected chi connectivity index (χ3v) is 2.70. The van der Waals surface area contributed by atoms with Crippen LogP contribution in [0.3, 0.4) is 0 Å². The predicted molar refractivity (Wildman–Crippen MR) is 57.3 cm³/mol. The summed E-state index contributed by atoms with van der Waals surface area (Å²) in [6.07, 6.45) is 0. The minimum atomic E-state index is -0.927. The largest absolute Gasteiger partial charge is 0.497 e. The van der Waals surface area contributed by atoms with E-state index in [1.165, 1.54) is 13.2 Å². The molecule has 0 unspecified atom stereocenters. The van der Waals surface area contributed by atoms with Crippen LogP contribution in [0, 0.1) is 6.92 Å². The lowest BCUT2D eigenvalue weighted by Gasteiger charge is -2.09. The average Bonchev–Trinajstić information content (AvgIpc) is 2.17. The van der Waals surface area contributed by atoms with Crippen LogP contribution >= 0.6 is 15.9 Å². The second kappa shape index (κ2) is 4.46. The number of carbonyl (C=O) groups is 1. The van der Waals surface area contributed by atoms with Crippen LogP contribution in [-0.2, 0) is 5.33 Å². The number of carboxylic acids is 1. The molecule has 1 N–H and O–H groups in total. The molecule has 0 aliphatic heterocycles. The highest BCUT2D eigenvalue weighted by Crippen LogP contribution is 2.23. The molecule has 1 aromatic carbocycles. The van der Waals surface area contributed by atoms with E-state index in [1.807, 2.05) is 6.07 Å². The van der Waals surface area contributed by atoms with Crippen molar-refractivity contribution in [1.82, 2.24) is 0 Å². The van der Waals surface area contributed by atoms with Gasteiger partial charge in [-0.25, -0.2) is 4.79 Å². The van der Waals surface area contributed by atoms with E-state index in [2.05, 4.69) is 15.9 Å². The van der Waals surface area contributed by atoms with Crippen molar-refractivity contribution in [3.05, 3.63) is 28.8 Å². The Balaban J connectivity index is 3.34. The lowest BCUT2D eigenvalue weighted by atomic mass is 10.0. The predicted octanol–water partition coefficient (Wildman–Crippen LogP) is 2.60. The SMILES string of the molecule is COc1cc(CBr)c(C)c(C(=O)O)c1. The van der Waals surface area contributed by atoms with Crippen molar-refractivity contribution in [2.45, 2.75) is 12.3 Å². The van der Waals surface area contributed by atoms with Gasteiger partial charge < -0.3 is 9.84 Å². The molecule has 0 spiro atoms. The monoisotopic (exact) mass is 258 g/mol. The topological polar surface area (TPSA) is 46.5 Å². The maximum Gasteiger partial charge on any atom is 0.336 e. The summed E-state index contributed by atoms with van der Waals surface area (Å²) in [6.45, 7) is 1.79. The van der Waals surface area contributed by atoms with E-state index in [-0.39, 0.29) is 0 Å². The second-order valence-corrected chi connectivity index (χ2v) is 3.46. The maximum absolute atomic E-state index is 10.9. The Morgan fingerprint density at radius 1 is 1.57 bits per heavy atom. The number of benzene rings is 1. The van der Waals surface area contributed by atoms with Crippen LogP contribution in [0.4, 0.5) is 0 Å². The van der Waals surface area contributed by atoms with Crippen LogP contribution in [0.5, 0.6) is 5.75 Å². The van der Waals surface area contributed by atoms with Crippen LogP contribution in [-0.4, -0.2) is 18.2 Å². The summed E-state index contributed by atoms with van der Waals surface area (Å²) in [5.41, 5.74) is 2.00. The first kappa shape index (κ1) is 11.0. The number of ether oxygens (including phenoxy) is 1. The summed E-state index contributed by atoms with van der Waals surface area (Å²) in [4.78, 5) is 10.9. The Labute approximate surface area is 90.8 Å². The molecule has 14 heavy (non-hydrogen) atoms. The highest BCUT2D eigenvalue weighted by atomic mass is 79.9. The summed E-state index contributed by atoms with van der Waals surface area (Å²) in [6, 6.07) is 3.36. The fourth-order valence-electron chi connectivity index (χ4n) is 1.22. The molecule has 0 atom stereocenters. The lowest BCUT2D eigenvalue weighted by molar-refractivity contribution is 0.0695. The quantitative estimate of drug-likeness (QED) is 0.848. The van der Waals surface area contributed by atoms with Crippen molar-refractivity contribution in [2.24, 2.45) is 0 Å². The molecule has 76 valence electrons. The number of halogens is 1. The summed E-state index contributed by atoms with van der Waals surface area (Å²) < 4.78 is 5.02. The molecule has 1 aromatic rings. The van der Waals surface area contributed by atoms with Gasteiger partial charge in [-0.05, 0) is 30.2 Å². The molecule has 0 heterocycles. The van der Waals surface area contributed by atoms with Crippen molar-refractivity contribution < 1.29 is 14.6 Å². The van der Waals surface area contributed by atoms with Gasteiger partial charge in [0.1, 0.15) is 5.75 Å². The van der Waals surface area contributed by atoms with E-state index in [4.69, 9.17) is 9.84 Å². The van der Waals surface area contributed by atoms with E-state index in [0.29, 0.717) is 16.6 Å². The number of carboxylic acid groups (broad SMARTS) is 1. The normalized spacial score (nSPS) is 9.93. The maximum atomic E-state index is 10.9. The molecule has 4 heteroatoms. The molecule has 1 rings (SSSR count). The van der Waals surface area contributed by atoms with Gasteiger partial charge in [-0.2, -0.15) is 0 Å². The summed E-state index contributed by atoms with van der Waals surface area (Å²) in [7, 11) is 1.52. The van der Waals surface area contributed by atoms with Crippen molar-refractivity contribution in [3.63, 3.8) is 0 Å². The number of hydrogen-bond donors (Lipinski definition) is 1. The van der Waals surface area contributed by atoms with Gasteiger partial charge in [0, 0.05) is 5.33 Å². The van der Waals surface area contributed by atoms with Crippen LogP contribution in [0.1, 0.15) is 21.5 Å². The number of alkyl halides is 1.